The Labute approximate surface area is 169 Å². The molecule has 0 fully saturated rings. The number of thioether (sulfide) groups is 1. The van der Waals surface area contributed by atoms with Crippen molar-refractivity contribution in [2.24, 2.45) is 5.10 Å². The molecule has 0 bridgehead atoms. The van der Waals surface area contributed by atoms with E-state index in [9.17, 15) is 0 Å². The molecule has 0 saturated carbocycles. The Morgan fingerprint density at radius 2 is 2.08 bits per heavy atom. The smallest absolute Gasteiger partial charge is 0.212 e. The fourth-order valence-corrected chi connectivity index (χ4v) is 3.48. The molecule has 0 aliphatic carbocycles. The van der Waals surface area contributed by atoms with Gasteiger partial charge in [-0.25, -0.2) is 0 Å². The first-order chi connectivity index (χ1) is 12.7. The van der Waals surface area contributed by atoms with Crippen LogP contribution in [-0.4, -0.2) is 27.7 Å². The maximum Gasteiger partial charge on any atom is 0.212 e. The van der Waals surface area contributed by atoms with Gasteiger partial charge in [-0.1, -0.05) is 51.4 Å². The molecule has 2 aromatic carbocycles. The van der Waals surface area contributed by atoms with Crippen LogP contribution in [0.4, 0.5) is 0 Å². The van der Waals surface area contributed by atoms with Gasteiger partial charge in [0, 0.05) is 20.8 Å². The minimum absolute atomic E-state index is 0.595. The normalized spacial score (nSPS) is 11.2. The number of aromatic nitrogens is 3. The first-order valence-corrected chi connectivity index (χ1v) is 10.1. The molecule has 134 valence electrons. The predicted octanol–water partition coefficient (Wildman–Crippen LogP) is 5.27. The molecule has 26 heavy (non-hydrogen) atoms. The third-order valence-corrected chi connectivity index (χ3v) is 5.12. The number of nitrogens with zero attached hydrogens (tertiary/aromatic N) is 4. The van der Waals surface area contributed by atoms with E-state index < -0.39 is 0 Å². The second-order valence-corrected chi connectivity index (χ2v) is 7.53. The predicted molar refractivity (Wildman–Crippen MR) is 109 cm³/mol. The molecule has 0 aliphatic heterocycles. The Morgan fingerprint density at radius 1 is 1.27 bits per heavy atom. The van der Waals surface area contributed by atoms with Crippen LogP contribution in [0.5, 0.6) is 5.75 Å². The third-order valence-electron chi connectivity index (χ3n) is 3.37. The molecule has 0 spiro atoms. The minimum Gasteiger partial charge on any atom is -0.493 e. The van der Waals surface area contributed by atoms with Crippen LogP contribution < -0.4 is 4.74 Å². The van der Waals surface area contributed by atoms with Gasteiger partial charge in [-0.2, -0.15) is 9.78 Å². The highest BCUT2D eigenvalue weighted by molar-refractivity contribution is 9.10. The average Bonchev–Trinajstić information content (AvgIpc) is 3.09. The number of hydrogen-bond acceptors (Lipinski definition) is 5. The zero-order chi connectivity index (χ0) is 18.4. The molecule has 1 aromatic heterocycles. The number of benzene rings is 2. The lowest BCUT2D eigenvalue weighted by Gasteiger charge is -2.07. The summed E-state index contributed by atoms with van der Waals surface area (Å²) in [4.78, 5) is 0. The van der Waals surface area contributed by atoms with E-state index >= 15 is 0 Å². The summed E-state index contributed by atoms with van der Waals surface area (Å²) in [6, 6.07) is 13.6. The highest BCUT2D eigenvalue weighted by Crippen LogP contribution is 2.23. The van der Waals surface area contributed by atoms with E-state index in [1.54, 1.807) is 29.0 Å². The van der Waals surface area contributed by atoms with Gasteiger partial charge in [0.1, 0.15) is 12.1 Å². The van der Waals surface area contributed by atoms with Crippen molar-refractivity contribution in [3.05, 3.63) is 69.4 Å². The second kappa shape index (κ2) is 9.21. The van der Waals surface area contributed by atoms with Crippen molar-refractivity contribution in [1.29, 1.82) is 0 Å². The Balaban J connectivity index is 1.73. The van der Waals surface area contributed by atoms with Crippen molar-refractivity contribution in [3.8, 4) is 5.75 Å². The van der Waals surface area contributed by atoms with Gasteiger partial charge in [0.2, 0.25) is 5.16 Å². The van der Waals surface area contributed by atoms with E-state index in [0.29, 0.717) is 11.8 Å². The summed E-state index contributed by atoms with van der Waals surface area (Å²) in [5, 5.41) is 14.0. The molecule has 0 N–H and O–H groups in total. The SMILES string of the molecule is CCOc1ccc(Br)cc1/C=N/n1cnnc1SCc1ccc(Cl)cc1. The summed E-state index contributed by atoms with van der Waals surface area (Å²) >= 11 is 10.9. The lowest BCUT2D eigenvalue weighted by molar-refractivity contribution is 0.339. The van der Waals surface area contributed by atoms with Crippen molar-refractivity contribution >= 4 is 45.5 Å². The Hall–Kier alpha value is -1.83. The van der Waals surface area contributed by atoms with E-state index in [1.807, 2.05) is 49.4 Å². The zero-order valence-corrected chi connectivity index (χ0v) is 17.1. The first kappa shape index (κ1) is 18.9. The minimum atomic E-state index is 0.595. The van der Waals surface area contributed by atoms with Crippen LogP contribution in [0.3, 0.4) is 0 Å². The molecule has 0 radical (unpaired) electrons. The van der Waals surface area contributed by atoms with Crippen LogP contribution in [0.1, 0.15) is 18.1 Å². The van der Waals surface area contributed by atoms with Gasteiger partial charge in [0.05, 0.1) is 12.8 Å². The lowest BCUT2D eigenvalue weighted by Crippen LogP contribution is -1.98. The summed E-state index contributed by atoms with van der Waals surface area (Å²) < 4.78 is 8.25. The summed E-state index contributed by atoms with van der Waals surface area (Å²) in [6.45, 7) is 2.55. The summed E-state index contributed by atoms with van der Waals surface area (Å²) in [5.41, 5.74) is 2.03. The van der Waals surface area contributed by atoms with Crippen molar-refractivity contribution in [1.82, 2.24) is 14.9 Å². The standard InChI is InChI=1S/C18H16BrClN4OS/c1-2-25-17-8-5-15(19)9-14(17)10-22-24-12-21-23-18(24)26-11-13-3-6-16(20)7-4-13/h3-10,12H,2,11H2,1H3/b22-10+. The monoisotopic (exact) mass is 450 g/mol. The van der Waals surface area contributed by atoms with Crippen LogP contribution in [-0.2, 0) is 5.75 Å². The van der Waals surface area contributed by atoms with Crippen LogP contribution in [0.2, 0.25) is 5.02 Å². The molecule has 8 heteroatoms. The maximum atomic E-state index is 5.92. The highest BCUT2D eigenvalue weighted by Gasteiger charge is 2.06. The molecule has 3 rings (SSSR count). The molecule has 3 aromatic rings. The highest BCUT2D eigenvalue weighted by atomic mass is 79.9. The summed E-state index contributed by atoms with van der Waals surface area (Å²) in [6.07, 6.45) is 3.32. The first-order valence-electron chi connectivity index (χ1n) is 7.89. The van der Waals surface area contributed by atoms with Crippen LogP contribution in [0.25, 0.3) is 0 Å². The fourth-order valence-electron chi connectivity index (χ4n) is 2.15. The van der Waals surface area contributed by atoms with E-state index in [-0.39, 0.29) is 0 Å². The Bertz CT molecular complexity index is 898. The summed E-state index contributed by atoms with van der Waals surface area (Å²) in [5.74, 6) is 1.54. The van der Waals surface area contributed by atoms with Crippen molar-refractivity contribution in [3.63, 3.8) is 0 Å². The van der Waals surface area contributed by atoms with E-state index in [4.69, 9.17) is 16.3 Å². The van der Waals surface area contributed by atoms with E-state index in [2.05, 4.69) is 31.2 Å². The molecular formula is C18H16BrClN4OS. The Morgan fingerprint density at radius 3 is 2.85 bits per heavy atom. The van der Waals surface area contributed by atoms with Gasteiger partial charge < -0.3 is 4.74 Å². The van der Waals surface area contributed by atoms with Gasteiger partial charge in [0.25, 0.3) is 0 Å². The van der Waals surface area contributed by atoms with Crippen molar-refractivity contribution in [2.75, 3.05) is 6.61 Å². The third kappa shape index (κ3) is 5.09. The summed E-state index contributed by atoms with van der Waals surface area (Å²) in [7, 11) is 0. The van der Waals surface area contributed by atoms with Crippen molar-refractivity contribution < 1.29 is 4.74 Å². The molecule has 0 aliphatic rings. The van der Waals surface area contributed by atoms with Crippen LogP contribution >= 0.6 is 39.3 Å². The molecule has 0 amide bonds. The zero-order valence-electron chi connectivity index (χ0n) is 14.0. The fraction of sp³-hybridized carbons (Fsp3) is 0.167. The van der Waals surface area contributed by atoms with E-state index in [0.717, 1.165) is 32.1 Å². The van der Waals surface area contributed by atoms with Gasteiger partial charge in [-0.05, 0) is 42.8 Å². The van der Waals surface area contributed by atoms with E-state index in [1.165, 1.54) is 0 Å². The quantitative estimate of drug-likeness (QED) is 0.363. The topological polar surface area (TPSA) is 52.3 Å². The molecular weight excluding hydrogens is 436 g/mol. The lowest BCUT2D eigenvalue weighted by atomic mass is 10.2. The largest absolute Gasteiger partial charge is 0.493 e. The van der Waals surface area contributed by atoms with Gasteiger partial charge in [0.15, 0.2) is 0 Å². The number of hydrogen-bond donors (Lipinski definition) is 0. The number of halogens is 2. The molecule has 0 saturated heterocycles. The molecule has 0 unspecified atom stereocenters. The van der Waals surface area contributed by atoms with Gasteiger partial charge >= 0.3 is 0 Å². The number of ether oxygens (including phenoxy) is 1. The Kier molecular flexibility index (Phi) is 6.71. The number of rotatable bonds is 7. The van der Waals surface area contributed by atoms with Crippen molar-refractivity contribution in [2.45, 2.75) is 17.8 Å². The van der Waals surface area contributed by atoms with Crippen LogP contribution in [0.15, 0.2) is 63.5 Å². The van der Waals surface area contributed by atoms with Gasteiger partial charge in [-0.15, -0.1) is 10.2 Å². The molecule has 0 atom stereocenters. The average molecular weight is 452 g/mol. The van der Waals surface area contributed by atoms with Gasteiger partial charge in [-0.3, -0.25) is 0 Å². The second-order valence-electron chi connectivity index (χ2n) is 5.23. The molecule has 1 heterocycles. The van der Waals surface area contributed by atoms with Crippen LogP contribution in [0, 0.1) is 0 Å². The molecule has 5 nitrogen and oxygen atoms in total. The maximum absolute atomic E-state index is 5.92.